The molecule has 98 valence electrons. The van der Waals surface area contributed by atoms with Crippen LogP contribution >= 0.6 is 0 Å². The van der Waals surface area contributed by atoms with E-state index in [4.69, 9.17) is 5.73 Å². The number of nitrogen functional groups attached to an aromatic ring is 1. The van der Waals surface area contributed by atoms with Crippen molar-refractivity contribution >= 4 is 17.2 Å². The fourth-order valence-electron chi connectivity index (χ4n) is 2.45. The Kier molecular flexibility index (Phi) is 3.23. The van der Waals surface area contributed by atoms with Gasteiger partial charge in [-0.05, 0) is 24.3 Å². The Morgan fingerprint density at radius 1 is 0.789 bits per heavy atom. The van der Waals surface area contributed by atoms with Gasteiger partial charge in [-0.3, -0.25) is 0 Å². The lowest BCUT2D eigenvalue weighted by Crippen LogP contribution is -2.46. The molecule has 4 heteroatoms. The van der Waals surface area contributed by atoms with E-state index in [2.05, 4.69) is 45.1 Å². The summed E-state index contributed by atoms with van der Waals surface area (Å²) in [7, 11) is 0. The van der Waals surface area contributed by atoms with Gasteiger partial charge in [0.15, 0.2) is 0 Å². The van der Waals surface area contributed by atoms with Gasteiger partial charge < -0.3 is 15.5 Å². The summed E-state index contributed by atoms with van der Waals surface area (Å²) in [5.74, 6) is 0.576. The SMILES string of the molecule is Nc1ccc(N2CCN(c3ccccc3)CC2)cn1. The Bertz CT molecular complexity index is 516. The summed E-state index contributed by atoms with van der Waals surface area (Å²) in [6.07, 6.45) is 1.85. The van der Waals surface area contributed by atoms with Crippen LogP contribution in [-0.4, -0.2) is 31.2 Å². The van der Waals surface area contributed by atoms with Gasteiger partial charge in [-0.25, -0.2) is 4.98 Å². The van der Waals surface area contributed by atoms with Crippen molar-refractivity contribution in [2.45, 2.75) is 0 Å². The highest BCUT2D eigenvalue weighted by Crippen LogP contribution is 2.20. The number of pyridine rings is 1. The van der Waals surface area contributed by atoms with Crippen LogP contribution in [0.5, 0.6) is 0 Å². The first-order valence-electron chi connectivity index (χ1n) is 6.59. The van der Waals surface area contributed by atoms with Crippen LogP contribution in [0.3, 0.4) is 0 Å². The average Bonchev–Trinajstić information content (AvgIpc) is 2.49. The zero-order chi connectivity index (χ0) is 13.1. The second-order valence-corrected chi connectivity index (χ2v) is 4.75. The molecule has 0 aliphatic carbocycles. The summed E-state index contributed by atoms with van der Waals surface area (Å²) in [5.41, 5.74) is 8.07. The second-order valence-electron chi connectivity index (χ2n) is 4.75. The Hall–Kier alpha value is -2.23. The van der Waals surface area contributed by atoms with Gasteiger partial charge in [0.25, 0.3) is 0 Å². The van der Waals surface area contributed by atoms with Gasteiger partial charge in [0, 0.05) is 31.9 Å². The zero-order valence-electron chi connectivity index (χ0n) is 10.9. The van der Waals surface area contributed by atoms with E-state index in [0.29, 0.717) is 5.82 Å². The van der Waals surface area contributed by atoms with Crippen molar-refractivity contribution in [1.82, 2.24) is 4.98 Å². The van der Waals surface area contributed by atoms with E-state index in [-0.39, 0.29) is 0 Å². The highest BCUT2D eigenvalue weighted by atomic mass is 15.3. The van der Waals surface area contributed by atoms with Crippen molar-refractivity contribution in [3.8, 4) is 0 Å². The number of nitrogens with two attached hydrogens (primary N) is 1. The monoisotopic (exact) mass is 254 g/mol. The third-order valence-electron chi connectivity index (χ3n) is 3.54. The first-order valence-corrected chi connectivity index (χ1v) is 6.59. The van der Waals surface area contributed by atoms with E-state index in [0.717, 1.165) is 31.9 Å². The minimum atomic E-state index is 0.576. The summed E-state index contributed by atoms with van der Waals surface area (Å²) in [4.78, 5) is 8.92. The minimum Gasteiger partial charge on any atom is -0.384 e. The summed E-state index contributed by atoms with van der Waals surface area (Å²) in [5, 5.41) is 0. The highest BCUT2D eigenvalue weighted by Gasteiger charge is 2.17. The number of benzene rings is 1. The zero-order valence-corrected chi connectivity index (χ0v) is 10.9. The van der Waals surface area contributed by atoms with E-state index < -0.39 is 0 Å². The molecule has 0 amide bonds. The van der Waals surface area contributed by atoms with Crippen LogP contribution in [0.25, 0.3) is 0 Å². The molecule has 4 nitrogen and oxygen atoms in total. The largest absolute Gasteiger partial charge is 0.384 e. The predicted molar refractivity (Wildman–Crippen MR) is 79.5 cm³/mol. The molecule has 1 fully saturated rings. The van der Waals surface area contributed by atoms with E-state index >= 15 is 0 Å². The number of rotatable bonds is 2. The smallest absolute Gasteiger partial charge is 0.123 e. The van der Waals surface area contributed by atoms with Crippen LogP contribution in [0.4, 0.5) is 17.2 Å². The molecule has 1 saturated heterocycles. The Morgan fingerprint density at radius 2 is 1.42 bits per heavy atom. The highest BCUT2D eigenvalue weighted by molar-refractivity contribution is 5.52. The molecule has 2 N–H and O–H groups in total. The first-order chi connectivity index (χ1) is 9.33. The first kappa shape index (κ1) is 11.8. The predicted octanol–water partition coefficient (Wildman–Crippen LogP) is 1.99. The second kappa shape index (κ2) is 5.18. The molecule has 1 aliphatic heterocycles. The Labute approximate surface area is 113 Å². The lowest BCUT2D eigenvalue weighted by atomic mass is 10.2. The van der Waals surface area contributed by atoms with Crippen molar-refractivity contribution < 1.29 is 0 Å². The molecule has 0 saturated carbocycles. The van der Waals surface area contributed by atoms with E-state index in [1.54, 1.807) is 0 Å². The van der Waals surface area contributed by atoms with Gasteiger partial charge in [0.2, 0.25) is 0 Å². The van der Waals surface area contributed by atoms with Gasteiger partial charge in [-0.15, -0.1) is 0 Å². The number of aromatic nitrogens is 1. The van der Waals surface area contributed by atoms with Gasteiger partial charge >= 0.3 is 0 Å². The normalized spacial score (nSPS) is 15.6. The van der Waals surface area contributed by atoms with Crippen LogP contribution in [-0.2, 0) is 0 Å². The molecule has 1 aliphatic rings. The number of para-hydroxylation sites is 1. The molecule has 0 spiro atoms. The molecule has 0 radical (unpaired) electrons. The van der Waals surface area contributed by atoms with E-state index in [1.165, 1.54) is 5.69 Å². The summed E-state index contributed by atoms with van der Waals surface area (Å²) < 4.78 is 0. The van der Waals surface area contributed by atoms with Crippen LogP contribution in [0.15, 0.2) is 48.7 Å². The quantitative estimate of drug-likeness (QED) is 0.890. The molecular weight excluding hydrogens is 236 g/mol. The number of piperazine rings is 1. The van der Waals surface area contributed by atoms with Crippen LogP contribution in [0.1, 0.15) is 0 Å². The molecule has 1 aromatic heterocycles. The lowest BCUT2D eigenvalue weighted by Gasteiger charge is -2.37. The topological polar surface area (TPSA) is 45.4 Å². The summed E-state index contributed by atoms with van der Waals surface area (Å²) in [6, 6.07) is 14.5. The molecular formula is C15H18N4. The van der Waals surface area contributed by atoms with Crippen molar-refractivity contribution in [2.75, 3.05) is 41.7 Å². The summed E-state index contributed by atoms with van der Waals surface area (Å²) in [6.45, 7) is 4.10. The number of hydrogen-bond acceptors (Lipinski definition) is 4. The standard InChI is InChI=1S/C15H18N4/c16-15-7-6-14(12-17-15)19-10-8-18(9-11-19)13-4-2-1-3-5-13/h1-7,12H,8-11H2,(H2,16,17). The van der Waals surface area contributed by atoms with Crippen molar-refractivity contribution in [2.24, 2.45) is 0 Å². The maximum atomic E-state index is 5.62. The minimum absolute atomic E-state index is 0.576. The third kappa shape index (κ3) is 2.62. The van der Waals surface area contributed by atoms with Crippen LogP contribution < -0.4 is 15.5 Å². The molecule has 2 aromatic rings. The fraction of sp³-hybridized carbons (Fsp3) is 0.267. The Balaban J connectivity index is 1.65. The molecule has 0 bridgehead atoms. The molecule has 1 aromatic carbocycles. The number of anilines is 3. The number of nitrogens with zero attached hydrogens (tertiary/aromatic N) is 3. The Morgan fingerprint density at radius 3 is 2.00 bits per heavy atom. The van der Waals surface area contributed by atoms with Crippen LogP contribution in [0, 0.1) is 0 Å². The molecule has 2 heterocycles. The van der Waals surface area contributed by atoms with Crippen molar-refractivity contribution in [3.05, 3.63) is 48.7 Å². The van der Waals surface area contributed by atoms with Gasteiger partial charge in [-0.2, -0.15) is 0 Å². The number of hydrogen-bond donors (Lipinski definition) is 1. The van der Waals surface area contributed by atoms with Crippen molar-refractivity contribution in [3.63, 3.8) is 0 Å². The van der Waals surface area contributed by atoms with Crippen LogP contribution in [0.2, 0.25) is 0 Å². The molecule has 0 atom stereocenters. The third-order valence-corrected chi connectivity index (χ3v) is 3.54. The summed E-state index contributed by atoms with van der Waals surface area (Å²) >= 11 is 0. The molecule has 3 rings (SSSR count). The average molecular weight is 254 g/mol. The molecule has 19 heavy (non-hydrogen) atoms. The van der Waals surface area contributed by atoms with Gasteiger partial charge in [-0.1, -0.05) is 18.2 Å². The van der Waals surface area contributed by atoms with Gasteiger partial charge in [0.1, 0.15) is 5.82 Å². The molecule has 0 unspecified atom stereocenters. The maximum absolute atomic E-state index is 5.62. The van der Waals surface area contributed by atoms with Gasteiger partial charge in [0.05, 0.1) is 11.9 Å². The van der Waals surface area contributed by atoms with E-state index in [9.17, 15) is 0 Å². The lowest BCUT2D eigenvalue weighted by molar-refractivity contribution is 0.653. The maximum Gasteiger partial charge on any atom is 0.123 e. The van der Waals surface area contributed by atoms with E-state index in [1.807, 2.05) is 18.3 Å². The van der Waals surface area contributed by atoms with Crippen molar-refractivity contribution in [1.29, 1.82) is 0 Å². The fourth-order valence-corrected chi connectivity index (χ4v) is 2.45.